The number of hydrogen-bond donors (Lipinski definition) is 1. The van der Waals surface area contributed by atoms with Crippen molar-refractivity contribution in [1.82, 2.24) is 4.90 Å². The van der Waals surface area contributed by atoms with E-state index in [0.717, 1.165) is 31.4 Å². The molecule has 0 aromatic rings. The summed E-state index contributed by atoms with van der Waals surface area (Å²) < 4.78 is 22.1. The van der Waals surface area contributed by atoms with Gasteiger partial charge in [-0.15, -0.1) is 11.8 Å². The average Bonchev–Trinajstić information content (AvgIpc) is 2.37. The number of thioether (sulfide) groups is 1. The van der Waals surface area contributed by atoms with Crippen LogP contribution < -0.4 is 5.14 Å². The quantitative estimate of drug-likeness (QED) is 0.719. The van der Waals surface area contributed by atoms with E-state index in [9.17, 15) is 13.2 Å². The molecule has 0 aromatic heterocycles. The largest absolute Gasteiger partial charge is 0.342 e. The minimum atomic E-state index is -3.40. The molecule has 1 atom stereocenters. The summed E-state index contributed by atoms with van der Waals surface area (Å²) in [7, 11) is -3.40. The molecule has 118 valence electrons. The Kier molecular flexibility index (Phi) is 7.33. The Balaban J connectivity index is 2.35. The van der Waals surface area contributed by atoms with Crippen molar-refractivity contribution >= 4 is 27.7 Å². The smallest absolute Gasteiger partial charge is 0.235 e. The average molecular weight is 322 g/mol. The number of carbonyl (C=O) groups excluding carboxylic acids is 1. The second-order valence-corrected chi connectivity index (χ2v) is 8.57. The van der Waals surface area contributed by atoms with Gasteiger partial charge in [0.2, 0.25) is 15.9 Å². The van der Waals surface area contributed by atoms with Gasteiger partial charge in [-0.3, -0.25) is 4.79 Å². The molecule has 1 fully saturated rings. The molecule has 1 aliphatic heterocycles. The van der Waals surface area contributed by atoms with Crippen molar-refractivity contribution in [3.8, 4) is 0 Å². The predicted molar refractivity (Wildman–Crippen MR) is 84.1 cm³/mol. The first kappa shape index (κ1) is 17.8. The molecule has 5 nitrogen and oxygen atoms in total. The van der Waals surface area contributed by atoms with Crippen molar-refractivity contribution in [3.05, 3.63) is 0 Å². The lowest BCUT2D eigenvalue weighted by atomic mass is 9.99. The topological polar surface area (TPSA) is 80.5 Å². The van der Waals surface area contributed by atoms with Crippen molar-refractivity contribution in [3.63, 3.8) is 0 Å². The first-order valence-corrected chi connectivity index (χ1v) is 10.0. The van der Waals surface area contributed by atoms with Gasteiger partial charge in [-0.2, -0.15) is 0 Å². The Morgan fingerprint density at radius 3 is 2.50 bits per heavy atom. The first-order valence-electron chi connectivity index (χ1n) is 7.24. The van der Waals surface area contributed by atoms with E-state index in [4.69, 9.17) is 5.14 Å². The number of nitrogens with zero attached hydrogens (tertiary/aromatic N) is 1. The minimum absolute atomic E-state index is 0.00339. The molecule has 20 heavy (non-hydrogen) atoms. The molecule has 0 unspecified atom stereocenters. The molecule has 0 bridgehead atoms. The van der Waals surface area contributed by atoms with Gasteiger partial charge in [0.25, 0.3) is 0 Å². The molecule has 7 heteroatoms. The Bertz CT molecular complexity index is 404. The van der Waals surface area contributed by atoms with Gasteiger partial charge in [-0.25, -0.2) is 13.6 Å². The fraction of sp³-hybridized carbons (Fsp3) is 0.923. The molecule has 0 aromatic carbocycles. The summed E-state index contributed by atoms with van der Waals surface area (Å²) in [6.45, 7) is 5.40. The van der Waals surface area contributed by atoms with Crippen LogP contribution in [0, 0.1) is 5.92 Å². The van der Waals surface area contributed by atoms with Crippen molar-refractivity contribution in [2.75, 3.05) is 24.6 Å². The van der Waals surface area contributed by atoms with E-state index < -0.39 is 10.0 Å². The highest BCUT2D eigenvalue weighted by molar-refractivity contribution is 8.00. The number of unbranched alkanes of at least 4 members (excludes halogenated alkanes) is 1. The van der Waals surface area contributed by atoms with Crippen LogP contribution in [0.3, 0.4) is 0 Å². The maximum atomic E-state index is 12.2. The number of sulfonamides is 1. The van der Waals surface area contributed by atoms with Crippen LogP contribution in [-0.2, 0) is 14.8 Å². The predicted octanol–water partition coefficient (Wildman–Crippen LogP) is 1.44. The number of amides is 1. The van der Waals surface area contributed by atoms with Crippen molar-refractivity contribution in [1.29, 1.82) is 0 Å². The molecule has 1 rings (SSSR count). The Morgan fingerprint density at radius 1 is 1.40 bits per heavy atom. The first-order chi connectivity index (χ1) is 9.33. The van der Waals surface area contributed by atoms with Crippen LogP contribution in [-0.4, -0.2) is 49.1 Å². The summed E-state index contributed by atoms with van der Waals surface area (Å²) in [6.07, 6.45) is 3.74. The second kappa shape index (κ2) is 8.24. The summed E-state index contributed by atoms with van der Waals surface area (Å²) >= 11 is 1.71. The molecule has 0 radical (unpaired) electrons. The highest BCUT2D eigenvalue weighted by Gasteiger charge is 2.27. The number of carbonyl (C=O) groups is 1. The van der Waals surface area contributed by atoms with Crippen LogP contribution in [0.2, 0.25) is 0 Å². The van der Waals surface area contributed by atoms with Crippen molar-refractivity contribution < 1.29 is 13.2 Å². The van der Waals surface area contributed by atoms with Gasteiger partial charge in [0.05, 0.1) is 11.0 Å². The Hall–Kier alpha value is -0.270. The van der Waals surface area contributed by atoms with Gasteiger partial charge in [-0.05, 0) is 37.9 Å². The van der Waals surface area contributed by atoms with Gasteiger partial charge in [0.15, 0.2) is 0 Å². The Labute approximate surface area is 126 Å². The fourth-order valence-electron chi connectivity index (χ4n) is 2.38. The number of primary sulfonamides is 1. The van der Waals surface area contributed by atoms with Gasteiger partial charge >= 0.3 is 0 Å². The zero-order chi connectivity index (χ0) is 15.2. The van der Waals surface area contributed by atoms with Gasteiger partial charge in [-0.1, -0.05) is 13.3 Å². The highest BCUT2D eigenvalue weighted by Crippen LogP contribution is 2.22. The van der Waals surface area contributed by atoms with Crippen LogP contribution >= 0.6 is 11.8 Å². The van der Waals surface area contributed by atoms with Crippen LogP contribution in [0.15, 0.2) is 0 Å². The lowest BCUT2D eigenvalue weighted by Gasteiger charge is -2.33. The summed E-state index contributed by atoms with van der Waals surface area (Å²) in [5.41, 5.74) is 0. The van der Waals surface area contributed by atoms with Crippen molar-refractivity contribution in [2.45, 2.75) is 44.8 Å². The van der Waals surface area contributed by atoms with E-state index in [0.29, 0.717) is 13.1 Å². The maximum absolute atomic E-state index is 12.2. The number of rotatable bonds is 7. The van der Waals surface area contributed by atoms with E-state index in [1.807, 2.05) is 11.8 Å². The molecule has 2 N–H and O–H groups in total. The van der Waals surface area contributed by atoms with E-state index in [2.05, 4.69) is 6.92 Å². The summed E-state index contributed by atoms with van der Waals surface area (Å²) in [5.74, 6) is 1.33. The maximum Gasteiger partial charge on any atom is 0.235 e. The number of piperidine rings is 1. The van der Waals surface area contributed by atoms with Gasteiger partial charge < -0.3 is 4.90 Å². The standard InChI is InChI=1S/C13H26N2O3S2/c1-3-4-9-19-11(2)13(16)15-7-5-12(6-8-15)10-20(14,17)18/h11-12H,3-10H2,1-2H3,(H2,14,17,18)/t11-/m0/s1. The van der Waals surface area contributed by atoms with Crippen LogP contribution in [0.1, 0.15) is 39.5 Å². The molecule has 0 aliphatic carbocycles. The zero-order valence-corrected chi connectivity index (χ0v) is 14.0. The summed E-state index contributed by atoms with van der Waals surface area (Å²) in [4.78, 5) is 14.1. The zero-order valence-electron chi connectivity index (χ0n) is 12.4. The monoisotopic (exact) mass is 322 g/mol. The van der Waals surface area contributed by atoms with E-state index in [-0.39, 0.29) is 22.8 Å². The van der Waals surface area contributed by atoms with Crippen molar-refractivity contribution in [2.24, 2.45) is 11.1 Å². The van der Waals surface area contributed by atoms with E-state index in [1.54, 1.807) is 11.8 Å². The molecule has 1 saturated heterocycles. The lowest BCUT2D eigenvalue weighted by Crippen LogP contribution is -2.43. The number of likely N-dealkylation sites (tertiary alicyclic amines) is 1. The van der Waals surface area contributed by atoms with Crippen LogP contribution in [0.4, 0.5) is 0 Å². The van der Waals surface area contributed by atoms with Gasteiger partial charge in [0, 0.05) is 13.1 Å². The number of nitrogens with two attached hydrogens (primary N) is 1. The second-order valence-electron chi connectivity index (χ2n) is 5.46. The molecule has 1 heterocycles. The third kappa shape index (κ3) is 6.45. The lowest BCUT2D eigenvalue weighted by molar-refractivity contribution is -0.131. The number of hydrogen-bond acceptors (Lipinski definition) is 4. The summed E-state index contributed by atoms with van der Waals surface area (Å²) in [5, 5.41) is 5.06. The third-order valence-corrected chi connectivity index (χ3v) is 5.77. The molecular weight excluding hydrogens is 296 g/mol. The Morgan fingerprint density at radius 2 is 2.00 bits per heavy atom. The van der Waals surface area contributed by atoms with Crippen LogP contribution in [0.5, 0.6) is 0 Å². The molecular formula is C13H26N2O3S2. The molecule has 0 spiro atoms. The minimum Gasteiger partial charge on any atom is -0.342 e. The summed E-state index contributed by atoms with van der Waals surface area (Å²) in [6, 6.07) is 0. The molecule has 0 saturated carbocycles. The fourth-order valence-corrected chi connectivity index (χ4v) is 4.47. The van der Waals surface area contributed by atoms with Gasteiger partial charge in [0.1, 0.15) is 0 Å². The SMILES string of the molecule is CCCCS[C@@H](C)C(=O)N1CCC(CS(N)(=O)=O)CC1. The van der Waals surface area contributed by atoms with E-state index >= 15 is 0 Å². The van der Waals surface area contributed by atoms with E-state index in [1.165, 1.54) is 0 Å². The highest BCUT2D eigenvalue weighted by atomic mass is 32.2. The van der Waals surface area contributed by atoms with Crippen LogP contribution in [0.25, 0.3) is 0 Å². The molecule has 1 aliphatic rings. The molecule has 1 amide bonds. The normalized spacial score (nSPS) is 19.1. The third-order valence-electron chi connectivity index (χ3n) is 3.61.